The van der Waals surface area contributed by atoms with E-state index in [-0.39, 0.29) is 5.17 Å². The van der Waals surface area contributed by atoms with Gasteiger partial charge in [0.25, 0.3) is 0 Å². The lowest BCUT2D eigenvalue weighted by Gasteiger charge is -2.12. The molecule has 0 spiro atoms. The van der Waals surface area contributed by atoms with Crippen molar-refractivity contribution in [2.24, 2.45) is 5.73 Å². The van der Waals surface area contributed by atoms with Crippen molar-refractivity contribution in [1.82, 2.24) is 0 Å². The summed E-state index contributed by atoms with van der Waals surface area (Å²) >= 11 is 1.30. The zero-order chi connectivity index (χ0) is 12.8. The first-order chi connectivity index (χ1) is 8.00. The molecule has 0 aliphatic carbocycles. The number of rotatable bonds is 5. The predicted octanol–water partition coefficient (Wildman–Crippen LogP) is 3.12. The van der Waals surface area contributed by atoms with Crippen molar-refractivity contribution in [3.05, 3.63) is 29.3 Å². The third-order valence-electron chi connectivity index (χ3n) is 2.47. The van der Waals surface area contributed by atoms with Gasteiger partial charge in [-0.3, -0.25) is 5.41 Å². The molecule has 0 radical (unpaired) electrons. The SMILES string of the molecule is Cc1cc(OCCSC(=N)N)ccc1C(C)C. The molecular weight excluding hydrogens is 232 g/mol. The van der Waals surface area contributed by atoms with Gasteiger partial charge in [-0.2, -0.15) is 0 Å². The van der Waals surface area contributed by atoms with E-state index in [1.807, 2.05) is 6.07 Å². The van der Waals surface area contributed by atoms with Gasteiger partial charge < -0.3 is 10.5 Å². The standard InChI is InChI=1S/C13H20N2OS/c1-9(2)12-5-4-11(8-10(12)3)16-6-7-17-13(14)15/h4-5,8-9H,6-7H2,1-3H3,(H3,14,15). The summed E-state index contributed by atoms with van der Waals surface area (Å²) in [4.78, 5) is 0. The number of aryl methyl sites for hydroxylation is 1. The van der Waals surface area contributed by atoms with Crippen LogP contribution in [-0.2, 0) is 0 Å². The van der Waals surface area contributed by atoms with Gasteiger partial charge >= 0.3 is 0 Å². The second-order valence-electron chi connectivity index (χ2n) is 4.23. The second kappa shape index (κ2) is 6.55. The van der Waals surface area contributed by atoms with Gasteiger partial charge in [0.2, 0.25) is 0 Å². The topological polar surface area (TPSA) is 59.1 Å². The van der Waals surface area contributed by atoms with Crippen LogP contribution < -0.4 is 10.5 Å². The Hall–Kier alpha value is -1.16. The summed E-state index contributed by atoms with van der Waals surface area (Å²) in [7, 11) is 0. The van der Waals surface area contributed by atoms with Crippen molar-refractivity contribution < 1.29 is 4.74 Å². The van der Waals surface area contributed by atoms with E-state index in [1.165, 1.54) is 22.9 Å². The molecule has 1 aromatic carbocycles. The lowest BCUT2D eigenvalue weighted by Crippen LogP contribution is -2.08. The Bertz CT molecular complexity index is 391. The Morgan fingerprint density at radius 3 is 2.71 bits per heavy atom. The molecule has 4 heteroatoms. The third-order valence-corrected chi connectivity index (χ3v) is 3.15. The van der Waals surface area contributed by atoms with Crippen LogP contribution in [0.4, 0.5) is 0 Å². The van der Waals surface area contributed by atoms with Crippen LogP contribution in [0.1, 0.15) is 30.9 Å². The highest BCUT2D eigenvalue weighted by atomic mass is 32.2. The molecule has 0 heterocycles. The number of thioether (sulfide) groups is 1. The van der Waals surface area contributed by atoms with Crippen molar-refractivity contribution in [2.45, 2.75) is 26.7 Å². The van der Waals surface area contributed by atoms with Crippen LogP contribution in [0.15, 0.2) is 18.2 Å². The maximum absolute atomic E-state index is 7.07. The molecule has 0 unspecified atom stereocenters. The van der Waals surface area contributed by atoms with Crippen LogP contribution in [0.5, 0.6) is 5.75 Å². The lowest BCUT2D eigenvalue weighted by molar-refractivity contribution is 0.344. The van der Waals surface area contributed by atoms with Gasteiger partial charge in [-0.15, -0.1) is 0 Å². The van der Waals surface area contributed by atoms with E-state index in [4.69, 9.17) is 15.9 Å². The van der Waals surface area contributed by atoms with Crippen LogP contribution in [0, 0.1) is 12.3 Å². The highest BCUT2D eigenvalue weighted by Gasteiger charge is 2.04. The average molecular weight is 252 g/mol. The van der Waals surface area contributed by atoms with Crippen LogP contribution in [0.25, 0.3) is 0 Å². The minimum absolute atomic E-state index is 0.139. The Balaban J connectivity index is 2.50. The van der Waals surface area contributed by atoms with E-state index in [1.54, 1.807) is 0 Å². The smallest absolute Gasteiger partial charge is 0.151 e. The van der Waals surface area contributed by atoms with E-state index < -0.39 is 0 Å². The van der Waals surface area contributed by atoms with Crippen molar-refractivity contribution >= 4 is 16.9 Å². The first kappa shape index (κ1) is 13.9. The van der Waals surface area contributed by atoms with Gasteiger partial charge in [0, 0.05) is 5.75 Å². The summed E-state index contributed by atoms with van der Waals surface area (Å²) in [5, 5.41) is 7.21. The summed E-state index contributed by atoms with van der Waals surface area (Å²) in [6.07, 6.45) is 0. The number of benzene rings is 1. The molecule has 17 heavy (non-hydrogen) atoms. The summed E-state index contributed by atoms with van der Waals surface area (Å²) in [6.45, 7) is 7.05. The number of amidine groups is 1. The fourth-order valence-corrected chi connectivity index (χ4v) is 2.08. The minimum atomic E-state index is 0.139. The molecule has 0 aliphatic rings. The van der Waals surface area contributed by atoms with Gasteiger partial charge in [0.1, 0.15) is 5.75 Å². The Morgan fingerprint density at radius 1 is 1.47 bits per heavy atom. The van der Waals surface area contributed by atoms with Crippen LogP contribution >= 0.6 is 11.8 Å². The Morgan fingerprint density at radius 2 is 2.18 bits per heavy atom. The molecule has 0 aliphatic heterocycles. The maximum Gasteiger partial charge on any atom is 0.151 e. The van der Waals surface area contributed by atoms with Gasteiger partial charge in [-0.25, -0.2) is 0 Å². The van der Waals surface area contributed by atoms with Crippen molar-refractivity contribution in [1.29, 1.82) is 5.41 Å². The molecule has 0 atom stereocenters. The molecule has 0 aromatic heterocycles. The quantitative estimate of drug-likeness (QED) is 0.481. The second-order valence-corrected chi connectivity index (χ2v) is 5.37. The molecule has 3 N–H and O–H groups in total. The molecule has 0 bridgehead atoms. The first-order valence-electron chi connectivity index (χ1n) is 5.71. The van der Waals surface area contributed by atoms with Crippen LogP contribution in [0.3, 0.4) is 0 Å². The van der Waals surface area contributed by atoms with E-state index in [2.05, 4.69) is 32.9 Å². The van der Waals surface area contributed by atoms with Gasteiger partial charge in [-0.1, -0.05) is 31.7 Å². The van der Waals surface area contributed by atoms with Crippen molar-refractivity contribution in [3.63, 3.8) is 0 Å². The molecule has 0 saturated heterocycles. The monoisotopic (exact) mass is 252 g/mol. The number of hydrogen-bond donors (Lipinski definition) is 2. The van der Waals surface area contributed by atoms with Crippen molar-refractivity contribution in [3.8, 4) is 5.75 Å². The van der Waals surface area contributed by atoms with Gasteiger partial charge in [-0.05, 0) is 36.1 Å². The fourth-order valence-electron chi connectivity index (χ4n) is 1.70. The summed E-state index contributed by atoms with van der Waals surface area (Å²) < 4.78 is 5.60. The fraction of sp³-hybridized carbons (Fsp3) is 0.462. The van der Waals surface area contributed by atoms with E-state index in [0.717, 1.165) is 5.75 Å². The van der Waals surface area contributed by atoms with E-state index in [9.17, 15) is 0 Å². The van der Waals surface area contributed by atoms with Gasteiger partial charge in [0.05, 0.1) is 6.61 Å². The Kier molecular flexibility index (Phi) is 5.35. The molecule has 0 amide bonds. The van der Waals surface area contributed by atoms with E-state index >= 15 is 0 Å². The predicted molar refractivity (Wildman–Crippen MR) is 75.1 cm³/mol. The van der Waals surface area contributed by atoms with Crippen LogP contribution in [-0.4, -0.2) is 17.5 Å². The zero-order valence-electron chi connectivity index (χ0n) is 10.6. The maximum atomic E-state index is 7.07. The van der Waals surface area contributed by atoms with E-state index in [0.29, 0.717) is 18.3 Å². The van der Waals surface area contributed by atoms with Crippen LogP contribution in [0.2, 0.25) is 0 Å². The highest BCUT2D eigenvalue weighted by Crippen LogP contribution is 2.23. The average Bonchev–Trinajstić information content (AvgIpc) is 2.23. The minimum Gasteiger partial charge on any atom is -0.493 e. The van der Waals surface area contributed by atoms with Crippen molar-refractivity contribution in [2.75, 3.05) is 12.4 Å². The molecule has 0 fully saturated rings. The normalized spacial score (nSPS) is 10.6. The molecular formula is C13H20N2OS. The third kappa shape index (κ3) is 4.69. The highest BCUT2D eigenvalue weighted by molar-refractivity contribution is 8.13. The molecule has 1 aromatic rings. The lowest BCUT2D eigenvalue weighted by atomic mass is 9.98. The zero-order valence-corrected chi connectivity index (χ0v) is 11.4. The summed E-state index contributed by atoms with van der Waals surface area (Å²) in [6, 6.07) is 6.18. The summed E-state index contributed by atoms with van der Waals surface area (Å²) in [5.41, 5.74) is 7.86. The number of hydrogen-bond acceptors (Lipinski definition) is 3. The molecule has 3 nitrogen and oxygen atoms in total. The molecule has 1 rings (SSSR count). The largest absolute Gasteiger partial charge is 0.493 e. The number of nitrogens with one attached hydrogen (secondary N) is 1. The Labute approximate surface area is 107 Å². The first-order valence-corrected chi connectivity index (χ1v) is 6.69. The summed E-state index contributed by atoms with van der Waals surface area (Å²) in [5.74, 6) is 2.13. The number of nitrogens with two attached hydrogens (primary N) is 1. The molecule has 94 valence electrons. The number of ether oxygens (including phenoxy) is 1. The van der Waals surface area contributed by atoms with Gasteiger partial charge in [0.15, 0.2) is 5.17 Å². The molecule has 0 saturated carbocycles.